The van der Waals surface area contributed by atoms with Crippen LogP contribution in [0.25, 0.3) is 6.08 Å². The average Bonchev–Trinajstić information content (AvgIpc) is 2.26. The molecule has 0 fully saturated rings. The fourth-order valence-corrected chi connectivity index (χ4v) is 1.19. The minimum atomic E-state index is -0.860. The average molecular weight is 240 g/mol. The van der Waals surface area contributed by atoms with Crippen molar-refractivity contribution in [1.82, 2.24) is 0 Å². The van der Waals surface area contributed by atoms with Gasteiger partial charge in [-0.15, -0.1) is 0 Å². The lowest BCUT2D eigenvalue weighted by Crippen LogP contribution is -2.11. The number of methoxy groups -OCH3 is 1. The first kappa shape index (κ1) is 13.0. The number of ketones is 1. The zero-order chi connectivity index (χ0) is 13.0. The molecule has 1 rings (SSSR count). The normalized spacial score (nSPS) is 11.2. The standard InChI is InChI=1S/C12H10F2O3/c1-7(15)10(12(16)17-2)5-8-3-4-9(13)6-11(8)14/h3-6H,1-2H3/b10-5-. The minimum Gasteiger partial charge on any atom is -0.465 e. The zero-order valence-electron chi connectivity index (χ0n) is 9.29. The van der Waals surface area contributed by atoms with Gasteiger partial charge in [-0.05, 0) is 25.1 Å². The SMILES string of the molecule is COC(=O)/C(=C\c1ccc(F)cc1F)C(C)=O. The molecule has 3 nitrogen and oxygen atoms in total. The van der Waals surface area contributed by atoms with E-state index < -0.39 is 23.4 Å². The van der Waals surface area contributed by atoms with Crippen molar-refractivity contribution in [3.63, 3.8) is 0 Å². The van der Waals surface area contributed by atoms with E-state index >= 15 is 0 Å². The Morgan fingerprint density at radius 3 is 2.41 bits per heavy atom. The molecule has 0 aliphatic heterocycles. The largest absolute Gasteiger partial charge is 0.465 e. The molecule has 0 unspecified atom stereocenters. The van der Waals surface area contributed by atoms with E-state index in [0.717, 1.165) is 32.2 Å². The van der Waals surface area contributed by atoms with Gasteiger partial charge in [-0.25, -0.2) is 13.6 Å². The van der Waals surface area contributed by atoms with Crippen LogP contribution in [0.15, 0.2) is 23.8 Å². The lowest BCUT2D eigenvalue weighted by Gasteiger charge is -2.02. The van der Waals surface area contributed by atoms with Crippen LogP contribution in [0.4, 0.5) is 8.78 Å². The van der Waals surface area contributed by atoms with Crippen molar-refractivity contribution in [2.24, 2.45) is 0 Å². The third kappa shape index (κ3) is 3.21. The van der Waals surface area contributed by atoms with E-state index in [1.165, 1.54) is 0 Å². The topological polar surface area (TPSA) is 43.4 Å². The summed E-state index contributed by atoms with van der Waals surface area (Å²) in [6.45, 7) is 1.16. The van der Waals surface area contributed by atoms with Crippen LogP contribution < -0.4 is 0 Å². The second-order valence-corrected chi connectivity index (χ2v) is 3.27. The second-order valence-electron chi connectivity index (χ2n) is 3.27. The molecule has 0 saturated heterocycles. The monoisotopic (exact) mass is 240 g/mol. The van der Waals surface area contributed by atoms with Crippen molar-refractivity contribution in [1.29, 1.82) is 0 Å². The summed E-state index contributed by atoms with van der Waals surface area (Å²) in [5.74, 6) is -3.00. The van der Waals surface area contributed by atoms with Gasteiger partial charge in [-0.1, -0.05) is 0 Å². The highest BCUT2D eigenvalue weighted by atomic mass is 19.1. The molecule has 0 aliphatic rings. The van der Waals surface area contributed by atoms with Crippen molar-refractivity contribution in [3.8, 4) is 0 Å². The Balaban J connectivity index is 3.22. The third-order valence-corrected chi connectivity index (χ3v) is 2.05. The Morgan fingerprint density at radius 1 is 1.29 bits per heavy atom. The number of ether oxygens (including phenoxy) is 1. The number of esters is 1. The van der Waals surface area contributed by atoms with Crippen LogP contribution in [0.2, 0.25) is 0 Å². The highest BCUT2D eigenvalue weighted by Crippen LogP contribution is 2.14. The Morgan fingerprint density at radius 2 is 1.94 bits per heavy atom. The van der Waals surface area contributed by atoms with Crippen molar-refractivity contribution < 1.29 is 23.1 Å². The van der Waals surface area contributed by atoms with Gasteiger partial charge in [0.15, 0.2) is 5.78 Å². The fraction of sp³-hybridized carbons (Fsp3) is 0.167. The van der Waals surface area contributed by atoms with E-state index in [2.05, 4.69) is 4.74 Å². The summed E-state index contributed by atoms with van der Waals surface area (Å²) in [6.07, 6.45) is 1.03. The predicted octanol–water partition coefficient (Wildman–Crippen LogP) is 2.11. The van der Waals surface area contributed by atoms with Gasteiger partial charge in [0.25, 0.3) is 0 Å². The minimum absolute atomic E-state index is 0.0537. The maximum absolute atomic E-state index is 13.3. The molecule has 1 aromatic rings. The number of hydrogen-bond acceptors (Lipinski definition) is 3. The van der Waals surface area contributed by atoms with Gasteiger partial charge in [0, 0.05) is 11.6 Å². The molecular formula is C12H10F2O3. The van der Waals surface area contributed by atoms with E-state index in [9.17, 15) is 18.4 Å². The lowest BCUT2D eigenvalue weighted by atomic mass is 10.1. The third-order valence-electron chi connectivity index (χ3n) is 2.05. The fourth-order valence-electron chi connectivity index (χ4n) is 1.19. The van der Waals surface area contributed by atoms with E-state index in [-0.39, 0.29) is 11.1 Å². The zero-order valence-corrected chi connectivity index (χ0v) is 9.29. The van der Waals surface area contributed by atoms with Gasteiger partial charge in [0.2, 0.25) is 0 Å². The summed E-state index contributed by atoms with van der Waals surface area (Å²) in [5.41, 5.74) is -0.347. The van der Waals surface area contributed by atoms with Crippen molar-refractivity contribution >= 4 is 17.8 Å². The molecule has 90 valence electrons. The first-order valence-electron chi connectivity index (χ1n) is 4.71. The first-order valence-corrected chi connectivity index (χ1v) is 4.71. The highest BCUT2D eigenvalue weighted by molar-refractivity contribution is 6.19. The van der Waals surface area contributed by atoms with Gasteiger partial charge in [-0.3, -0.25) is 4.79 Å². The molecule has 0 amide bonds. The summed E-state index contributed by atoms with van der Waals surface area (Å²) in [5, 5.41) is 0. The lowest BCUT2D eigenvalue weighted by molar-refractivity contribution is -0.137. The van der Waals surface area contributed by atoms with Crippen LogP contribution >= 0.6 is 0 Å². The molecular weight excluding hydrogens is 230 g/mol. The number of carbonyl (C=O) groups excluding carboxylic acids is 2. The quantitative estimate of drug-likeness (QED) is 0.352. The Kier molecular flexibility index (Phi) is 4.09. The van der Waals surface area contributed by atoms with Gasteiger partial charge in [-0.2, -0.15) is 0 Å². The summed E-state index contributed by atoms with van der Waals surface area (Å²) in [4.78, 5) is 22.4. The van der Waals surface area contributed by atoms with Crippen molar-refractivity contribution in [2.45, 2.75) is 6.92 Å². The van der Waals surface area contributed by atoms with Crippen LogP contribution in [0.1, 0.15) is 12.5 Å². The number of rotatable bonds is 3. The van der Waals surface area contributed by atoms with Crippen LogP contribution in [0.3, 0.4) is 0 Å². The highest BCUT2D eigenvalue weighted by Gasteiger charge is 2.15. The van der Waals surface area contributed by atoms with Gasteiger partial charge in [0.05, 0.1) is 7.11 Å². The molecule has 0 bridgehead atoms. The molecule has 0 aromatic heterocycles. The smallest absolute Gasteiger partial charge is 0.341 e. The molecule has 0 heterocycles. The predicted molar refractivity (Wildman–Crippen MR) is 57.0 cm³/mol. The molecule has 0 saturated carbocycles. The number of Topliss-reactive ketones (excluding diaryl/α,β-unsaturated/α-hetero) is 1. The molecule has 0 aliphatic carbocycles. The van der Waals surface area contributed by atoms with Gasteiger partial charge >= 0.3 is 5.97 Å². The molecule has 0 atom stereocenters. The van der Waals surface area contributed by atoms with Crippen LogP contribution in [0.5, 0.6) is 0 Å². The molecule has 1 aromatic carbocycles. The van der Waals surface area contributed by atoms with E-state index in [1.54, 1.807) is 0 Å². The summed E-state index contributed by atoms with van der Waals surface area (Å²) in [7, 11) is 1.11. The van der Waals surface area contributed by atoms with Gasteiger partial charge in [0.1, 0.15) is 17.2 Å². The molecule has 17 heavy (non-hydrogen) atoms. The summed E-state index contributed by atoms with van der Waals surface area (Å²) in [6, 6.07) is 2.83. The van der Waals surface area contributed by atoms with Gasteiger partial charge < -0.3 is 4.74 Å². The van der Waals surface area contributed by atoms with Crippen LogP contribution in [-0.2, 0) is 14.3 Å². The summed E-state index contributed by atoms with van der Waals surface area (Å²) < 4.78 is 30.3. The molecule has 5 heteroatoms. The van der Waals surface area contributed by atoms with E-state index in [1.807, 2.05) is 0 Å². The number of benzene rings is 1. The molecule has 0 radical (unpaired) electrons. The Bertz CT molecular complexity index is 493. The summed E-state index contributed by atoms with van der Waals surface area (Å²) >= 11 is 0. The van der Waals surface area contributed by atoms with Crippen LogP contribution in [-0.4, -0.2) is 18.9 Å². The Labute approximate surface area is 96.7 Å². The first-order chi connectivity index (χ1) is 7.95. The number of hydrogen-bond donors (Lipinski definition) is 0. The number of halogens is 2. The van der Waals surface area contributed by atoms with Crippen molar-refractivity contribution in [3.05, 3.63) is 41.0 Å². The maximum Gasteiger partial charge on any atom is 0.341 e. The van der Waals surface area contributed by atoms with Crippen LogP contribution in [0, 0.1) is 11.6 Å². The second kappa shape index (κ2) is 5.34. The van der Waals surface area contributed by atoms with E-state index in [4.69, 9.17) is 0 Å². The molecule has 0 spiro atoms. The number of carbonyl (C=O) groups is 2. The van der Waals surface area contributed by atoms with E-state index in [0.29, 0.717) is 6.07 Å². The van der Waals surface area contributed by atoms with Crippen molar-refractivity contribution in [2.75, 3.05) is 7.11 Å². The molecule has 0 N–H and O–H groups in total. The maximum atomic E-state index is 13.3. The Hall–Kier alpha value is -2.04.